The van der Waals surface area contributed by atoms with Gasteiger partial charge in [0.1, 0.15) is 31.0 Å². The number of carbonyl (C=O) groups excluding carboxylic acids is 2. The maximum atomic E-state index is 12.7. The van der Waals surface area contributed by atoms with Crippen molar-refractivity contribution in [2.24, 2.45) is 0 Å². The quantitative estimate of drug-likeness (QED) is 0.0276. The highest BCUT2D eigenvalue weighted by Gasteiger charge is 2.44. The van der Waals surface area contributed by atoms with E-state index >= 15 is 0 Å². The molecule has 0 aromatic heterocycles. The van der Waals surface area contributed by atoms with Gasteiger partial charge in [-0.3, -0.25) is 9.59 Å². The molecule has 1 rings (SSSR count). The van der Waals surface area contributed by atoms with Gasteiger partial charge in [-0.15, -0.1) is 0 Å². The van der Waals surface area contributed by atoms with Crippen molar-refractivity contribution in [3.63, 3.8) is 0 Å². The summed E-state index contributed by atoms with van der Waals surface area (Å²) in [5.41, 5.74) is 0. The number of unbranched alkanes of at least 4 members (excludes halogenated alkanes) is 21. The number of aliphatic hydroxyl groups is 4. The van der Waals surface area contributed by atoms with E-state index in [4.69, 9.17) is 18.9 Å². The fourth-order valence-electron chi connectivity index (χ4n) is 6.57. The van der Waals surface area contributed by atoms with Crippen molar-refractivity contribution in [3.05, 3.63) is 24.3 Å². The van der Waals surface area contributed by atoms with Crippen LogP contribution in [0.3, 0.4) is 0 Å². The Morgan fingerprint density at radius 3 is 1.57 bits per heavy atom. The molecule has 0 aromatic rings. The van der Waals surface area contributed by atoms with Crippen LogP contribution in [0.1, 0.15) is 187 Å². The summed E-state index contributed by atoms with van der Waals surface area (Å²) in [7, 11) is 0. The summed E-state index contributed by atoms with van der Waals surface area (Å²) in [6, 6.07) is 0. The van der Waals surface area contributed by atoms with Crippen LogP contribution in [0.5, 0.6) is 0 Å². The third-order valence-electron chi connectivity index (χ3n) is 10.1. The van der Waals surface area contributed by atoms with Crippen LogP contribution in [-0.4, -0.2) is 89.0 Å². The Kier molecular flexibility index (Phi) is 33.1. The van der Waals surface area contributed by atoms with Crippen molar-refractivity contribution >= 4 is 11.9 Å². The van der Waals surface area contributed by atoms with E-state index in [1.54, 1.807) is 0 Å². The third-order valence-corrected chi connectivity index (χ3v) is 10.1. The number of hydrogen-bond donors (Lipinski definition) is 4. The van der Waals surface area contributed by atoms with Crippen molar-refractivity contribution in [3.8, 4) is 0 Å². The molecular weight excluding hydrogens is 688 g/mol. The highest BCUT2D eigenvalue weighted by molar-refractivity contribution is 5.70. The van der Waals surface area contributed by atoms with Crippen LogP contribution in [0.4, 0.5) is 0 Å². The van der Waals surface area contributed by atoms with Gasteiger partial charge < -0.3 is 39.4 Å². The zero-order valence-corrected chi connectivity index (χ0v) is 34.2. The van der Waals surface area contributed by atoms with E-state index in [1.807, 2.05) is 0 Å². The van der Waals surface area contributed by atoms with E-state index < -0.39 is 55.4 Å². The average molecular weight is 769 g/mol. The molecule has 2 unspecified atom stereocenters. The molecule has 1 saturated heterocycles. The van der Waals surface area contributed by atoms with E-state index in [-0.39, 0.29) is 26.1 Å². The Balaban J connectivity index is 2.36. The second-order valence-corrected chi connectivity index (χ2v) is 15.2. The number of aliphatic hydroxyl groups excluding tert-OH is 4. The molecule has 316 valence electrons. The minimum Gasteiger partial charge on any atom is -0.462 e. The Morgan fingerprint density at radius 1 is 0.574 bits per heavy atom. The number of allylic oxidation sites excluding steroid dienone is 4. The first-order chi connectivity index (χ1) is 26.3. The van der Waals surface area contributed by atoms with Gasteiger partial charge in [-0.05, 0) is 44.9 Å². The lowest BCUT2D eigenvalue weighted by atomic mass is 9.99. The van der Waals surface area contributed by atoms with E-state index in [0.29, 0.717) is 12.8 Å². The first-order valence-electron chi connectivity index (χ1n) is 21.9. The average Bonchev–Trinajstić information content (AvgIpc) is 3.17. The maximum absolute atomic E-state index is 12.7. The summed E-state index contributed by atoms with van der Waals surface area (Å²) < 4.78 is 22.1. The van der Waals surface area contributed by atoms with Gasteiger partial charge in [-0.1, -0.05) is 154 Å². The van der Waals surface area contributed by atoms with Crippen molar-refractivity contribution in [2.45, 2.75) is 224 Å². The highest BCUT2D eigenvalue weighted by Crippen LogP contribution is 2.22. The second kappa shape index (κ2) is 35.6. The largest absolute Gasteiger partial charge is 0.462 e. The zero-order chi connectivity index (χ0) is 39.5. The van der Waals surface area contributed by atoms with Crippen LogP contribution >= 0.6 is 0 Å². The molecule has 0 aromatic carbocycles. The van der Waals surface area contributed by atoms with Crippen molar-refractivity contribution in [1.82, 2.24) is 0 Å². The molecule has 0 saturated carbocycles. The van der Waals surface area contributed by atoms with Crippen molar-refractivity contribution in [2.75, 3.05) is 19.8 Å². The van der Waals surface area contributed by atoms with E-state index in [1.165, 1.54) is 103 Å². The lowest BCUT2D eigenvalue weighted by Gasteiger charge is -2.39. The summed E-state index contributed by atoms with van der Waals surface area (Å²) in [6.07, 6.45) is 30.4. The van der Waals surface area contributed by atoms with E-state index in [9.17, 15) is 30.0 Å². The van der Waals surface area contributed by atoms with Crippen molar-refractivity contribution in [1.29, 1.82) is 0 Å². The van der Waals surface area contributed by atoms with Crippen LogP contribution in [0.25, 0.3) is 0 Å². The molecule has 0 aliphatic carbocycles. The Morgan fingerprint density at radius 2 is 1.04 bits per heavy atom. The van der Waals surface area contributed by atoms with Crippen LogP contribution in [0.15, 0.2) is 24.3 Å². The first kappa shape index (κ1) is 50.2. The lowest BCUT2D eigenvalue weighted by Crippen LogP contribution is -2.59. The maximum Gasteiger partial charge on any atom is 0.306 e. The van der Waals surface area contributed by atoms with Gasteiger partial charge in [0.15, 0.2) is 12.4 Å². The smallest absolute Gasteiger partial charge is 0.306 e. The minimum atomic E-state index is -1.60. The fraction of sp³-hybridized carbons (Fsp3) is 0.864. The summed E-state index contributed by atoms with van der Waals surface area (Å²) >= 11 is 0. The van der Waals surface area contributed by atoms with Crippen LogP contribution < -0.4 is 0 Å². The van der Waals surface area contributed by atoms with Gasteiger partial charge in [0.2, 0.25) is 0 Å². The minimum absolute atomic E-state index is 0.227. The third kappa shape index (κ3) is 26.9. The molecular formula is C44H80O10. The van der Waals surface area contributed by atoms with Gasteiger partial charge in [0.05, 0.1) is 13.2 Å². The monoisotopic (exact) mass is 769 g/mol. The van der Waals surface area contributed by atoms with Crippen LogP contribution in [-0.2, 0) is 28.5 Å². The van der Waals surface area contributed by atoms with Gasteiger partial charge in [-0.25, -0.2) is 0 Å². The van der Waals surface area contributed by atoms with Gasteiger partial charge >= 0.3 is 11.9 Å². The Bertz CT molecular complexity index is 938. The fourth-order valence-corrected chi connectivity index (χ4v) is 6.57. The molecule has 0 bridgehead atoms. The number of esters is 2. The molecule has 6 atom stereocenters. The molecule has 0 amide bonds. The van der Waals surface area contributed by atoms with E-state index in [2.05, 4.69) is 38.2 Å². The summed E-state index contributed by atoms with van der Waals surface area (Å²) in [5, 5.41) is 40.0. The first-order valence-corrected chi connectivity index (χ1v) is 21.9. The molecule has 0 spiro atoms. The summed E-state index contributed by atoms with van der Waals surface area (Å²) in [6.45, 7) is 3.39. The summed E-state index contributed by atoms with van der Waals surface area (Å²) in [4.78, 5) is 25.3. The molecule has 1 heterocycles. The number of hydrogen-bond acceptors (Lipinski definition) is 10. The molecule has 10 nitrogen and oxygen atoms in total. The zero-order valence-electron chi connectivity index (χ0n) is 34.2. The van der Waals surface area contributed by atoms with E-state index in [0.717, 1.165) is 44.9 Å². The predicted molar refractivity (Wildman–Crippen MR) is 215 cm³/mol. The van der Waals surface area contributed by atoms with Crippen molar-refractivity contribution < 1.29 is 49.0 Å². The van der Waals surface area contributed by atoms with Gasteiger partial charge in [0, 0.05) is 12.8 Å². The van der Waals surface area contributed by atoms with Crippen LogP contribution in [0.2, 0.25) is 0 Å². The number of rotatable bonds is 36. The molecule has 1 aliphatic rings. The number of ether oxygens (including phenoxy) is 4. The standard InChI is InChI=1S/C44H80O10/c1-3-5-7-9-11-13-15-17-19-21-22-24-26-28-30-32-39(46)51-35-37(36-52-44-43(50)42(49)41(48)38(34-45)54-44)53-40(47)33-31-29-27-25-23-20-18-16-14-12-10-8-6-4-2/h17,19,22,24,37-38,41-45,48-50H,3-16,18,20-21,23,25-36H2,1-2H3/b19-17+,24-22+/t37-,38-,41+,42?,43?,44-/m0/s1. The number of carbonyl (C=O) groups is 2. The predicted octanol–water partition coefficient (Wildman–Crippen LogP) is 8.94. The molecule has 1 aliphatic heterocycles. The Labute approximate surface area is 328 Å². The lowest BCUT2D eigenvalue weighted by molar-refractivity contribution is -0.305. The molecule has 1 fully saturated rings. The normalized spacial score (nSPS) is 20.9. The van der Waals surface area contributed by atoms with Gasteiger partial charge in [-0.2, -0.15) is 0 Å². The highest BCUT2D eigenvalue weighted by atomic mass is 16.7. The molecule has 54 heavy (non-hydrogen) atoms. The molecule has 4 N–H and O–H groups in total. The summed E-state index contributed by atoms with van der Waals surface area (Å²) in [5.74, 6) is -0.839. The topological polar surface area (TPSA) is 152 Å². The SMILES string of the molecule is CCCCCCCC/C=C/C/C=C/CCCCC(=O)OC[C@@H](CO[C@H]1O[C@@H](CO)[C@@H](O)C(O)C1O)OC(=O)CCCCCCCCCCCCCCCC. The second-order valence-electron chi connectivity index (χ2n) is 15.2. The molecule has 10 heteroatoms. The molecule has 0 radical (unpaired) electrons. The Hall–Kier alpha value is -1.82. The van der Waals surface area contributed by atoms with Gasteiger partial charge in [0.25, 0.3) is 0 Å². The van der Waals surface area contributed by atoms with Crippen LogP contribution in [0, 0.1) is 0 Å².